The monoisotopic (exact) mass is 488 g/mol. The van der Waals surface area contributed by atoms with E-state index >= 15 is 0 Å². The molecular weight excluding hydrogens is 468 g/mol. The molecule has 0 unspecified atom stereocenters. The van der Waals surface area contributed by atoms with Gasteiger partial charge in [-0.3, -0.25) is 4.79 Å². The zero-order valence-corrected chi connectivity index (χ0v) is 18.3. The number of anilines is 3. The van der Waals surface area contributed by atoms with E-state index in [4.69, 9.17) is 0 Å². The summed E-state index contributed by atoms with van der Waals surface area (Å²) in [6.07, 6.45) is 4.36. The van der Waals surface area contributed by atoms with Crippen molar-refractivity contribution < 1.29 is 27.1 Å². The van der Waals surface area contributed by atoms with Crippen molar-refractivity contribution in [3.63, 3.8) is 0 Å². The van der Waals surface area contributed by atoms with Crippen LogP contribution in [0.25, 0.3) is 11.0 Å². The quantitative estimate of drug-likeness (QED) is 0.415. The van der Waals surface area contributed by atoms with Crippen LogP contribution in [0.5, 0.6) is 5.75 Å². The number of hydrogen-bond acceptors (Lipinski definition) is 7. The van der Waals surface area contributed by atoms with Gasteiger partial charge in [-0.2, -0.15) is 13.2 Å². The number of nitrogens with one attached hydrogen (secondary N) is 1. The zero-order chi connectivity index (χ0) is 24.7. The summed E-state index contributed by atoms with van der Waals surface area (Å²) in [5.41, 5.74) is 0.459. The minimum absolute atomic E-state index is 0.0404. The van der Waals surface area contributed by atoms with E-state index in [-0.39, 0.29) is 29.5 Å². The second-order valence-electron chi connectivity index (χ2n) is 8.23. The number of rotatable bonds is 6. The number of piperidine rings is 2. The molecule has 3 aliphatic heterocycles. The Morgan fingerprint density at radius 2 is 1.91 bits per heavy atom. The molecular formula is C23H20F4N6O2. The Balaban J connectivity index is 1.45. The van der Waals surface area contributed by atoms with E-state index in [9.17, 15) is 22.4 Å². The van der Waals surface area contributed by atoms with Crippen molar-refractivity contribution in [1.29, 1.82) is 0 Å². The predicted molar refractivity (Wildman–Crippen MR) is 120 cm³/mol. The highest BCUT2D eigenvalue weighted by molar-refractivity contribution is 5.89. The molecule has 1 aromatic carbocycles. The average molecular weight is 488 g/mol. The number of amides is 1. The third kappa shape index (κ3) is 4.19. The lowest BCUT2D eigenvalue weighted by Gasteiger charge is -2.51. The van der Waals surface area contributed by atoms with Gasteiger partial charge in [-0.15, -0.1) is 0 Å². The molecule has 2 bridgehead atoms. The minimum atomic E-state index is -3.29. The Morgan fingerprint density at radius 3 is 2.63 bits per heavy atom. The van der Waals surface area contributed by atoms with E-state index in [0.717, 1.165) is 25.0 Å². The molecule has 0 spiro atoms. The van der Waals surface area contributed by atoms with Crippen LogP contribution in [0.2, 0.25) is 0 Å². The molecule has 8 nitrogen and oxygen atoms in total. The van der Waals surface area contributed by atoms with Gasteiger partial charge in [0.1, 0.15) is 17.7 Å². The molecule has 0 radical (unpaired) electrons. The van der Waals surface area contributed by atoms with Gasteiger partial charge in [-0.05, 0) is 43.2 Å². The van der Waals surface area contributed by atoms with E-state index in [0.29, 0.717) is 29.9 Å². The number of alkyl halides is 2. The summed E-state index contributed by atoms with van der Waals surface area (Å²) in [7, 11) is 0. The summed E-state index contributed by atoms with van der Waals surface area (Å²) in [6.45, 7) is 1.45. The Morgan fingerprint density at radius 1 is 1.11 bits per heavy atom. The molecule has 12 heteroatoms. The standard InChI is InChI=1S/C23H20F4N6O2/c1-2-18(34)33-10-12-3-4-13(33)9-32(12)17-8-6-15-21(31-17)22(29-11-28-15)30-14-5-7-16(35-23(26)27)20(25)19(14)24/h2,5-8,11-13,23H,1,3-4,9-10H2,(H,28,29,30)/t12-,13-/m0/s1. The van der Waals surface area contributed by atoms with E-state index < -0.39 is 24.0 Å². The second kappa shape index (κ2) is 9.01. The first-order valence-electron chi connectivity index (χ1n) is 10.9. The normalized spacial score (nSPS) is 19.3. The molecule has 1 N–H and O–H groups in total. The van der Waals surface area contributed by atoms with Crippen molar-refractivity contribution in [2.45, 2.75) is 31.5 Å². The molecule has 0 saturated carbocycles. The molecule has 3 aliphatic rings. The van der Waals surface area contributed by atoms with Gasteiger partial charge in [0.25, 0.3) is 0 Å². The zero-order valence-electron chi connectivity index (χ0n) is 18.3. The highest BCUT2D eigenvalue weighted by atomic mass is 19.3. The lowest BCUT2D eigenvalue weighted by Crippen LogP contribution is -2.64. The molecule has 2 aromatic heterocycles. The topological polar surface area (TPSA) is 83.5 Å². The van der Waals surface area contributed by atoms with Gasteiger partial charge in [0, 0.05) is 25.2 Å². The highest BCUT2D eigenvalue weighted by Gasteiger charge is 2.41. The van der Waals surface area contributed by atoms with Crippen LogP contribution in [0.3, 0.4) is 0 Å². The number of fused-ring (bicyclic) bond motifs is 4. The van der Waals surface area contributed by atoms with Crippen molar-refractivity contribution in [3.8, 4) is 5.75 Å². The van der Waals surface area contributed by atoms with Crippen molar-refractivity contribution >= 4 is 34.3 Å². The summed E-state index contributed by atoms with van der Waals surface area (Å²) in [5, 5.41) is 2.68. The van der Waals surface area contributed by atoms with Crippen LogP contribution in [-0.2, 0) is 4.79 Å². The molecule has 6 rings (SSSR count). The molecule has 3 fully saturated rings. The molecule has 2 atom stereocenters. The Labute approximate surface area is 197 Å². The van der Waals surface area contributed by atoms with Crippen LogP contribution in [0, 0.1) is 11.6 Å². The SMILES string of the molecule is C=CC(=O)N1C[C@@H]2CC[C@H]1CN2c1ccc2ncnc(Nc3ccc(OC(F)F)c(F)c3F)c2n1. The summed E-state index contributed by atoms with van der Waals surface area (Å²) in [4.78, 5) is 29.1. The number of halogens is 4. The van der Waals surface area contributed by atoms with E-state index in [2.05, 4.69) is 36.5 Å². The number of aromatic nitrogens is 3. The van der Waals surface area contributed by atoms with Crippen LogP contribution in [-0.4, -0.2) is 57.5 Å². The fourth-order valence-corrected chi connectivity index (χ4v) is 4.62. The Bertz CT molecular complexity index is 1310. The number of benzene rings is 1. The number of carbonyl (C=O) groups is 1. The summed E-state index contributed by atoms with van der Waals surface area (Å²) in [5.74, 6) is -3.19. The van der Waals surface area contributed by atoms with Crippen molar-refractivity contribution in [3.05, 3.63) is 54.9 Å². The lowest BCUT2D eigenvalue weighted by atomic mass is 9.90. The van der Waals surface area contributed by atoms with Gasteiger partial charge in [0.2, 0.25) is 11.7 Å². The van der Waals surface area contributed by atoms with E-state index in [1.807, 2.05) is 11.0 Å². The van der Waals surface area contributed by atoms with Gasteiger partial charge in [-0.25, -0.2) is 19.3 Å². The molecule has 3 aromatic rings. The molecule has 0 aliphatic carbocycles. The highest BCUT2D eigenvalue weighted by Crippen LogP contribution is 2.34. The van der Waals surface area contributed by atoms with Crippen LogP contribution in [0.4, 0.5) is 34.9 Å². The first-order valence-corrected chi connectivity index (χ1v) is 10.9. The van der Waals surface area contributed by atoms with Gasteiger partial charge < -0.3 is 19.9 Å². The third-order valence-electron chi connectivity index (χ3n) is 6.26. The molecule has 5 heterocycles. The minimum Gasteiger partial charge on any atom is -0.432 e. The molecule has 182 valence electrons. The number of carbonyl (C=O) groups excluding carboxylic acids is 1. The third-order valence-corrected chi connectivity index (χ3v) is 6.26. The van der Waals surface area contributed by atoms with Crippen LogP contribution in [0.15, 0.2) is 43.2 Å². The smallest absolute Gasteiger partial charge is 0.387 e. The number of pyridine rings is 1. The summed E-state index contributed by atoms with van der Waals surface area (Å²) >= 11 is 0. The van der Waals surface area contributed by atoms with E-state index in [1.54, 1.807) is 6.07 Å². The lowest BCUT2D eigenvalue weighted by molar-refractivity contribution is -0.131. The van der Waals surface area contributed by atoms with Crippen LogP contribution >= 0.6 is 0 Å². The Hall–Kier alpha value is -3.96. The summed E-state index contributed by atoms with van der Waals surface area (Å²) in [6, 6.07) is 5.65. The van der Waals surface area contributed by atoms with Gasteiger partial charge in [0.15, 0.2) is 17.4 Å². The maximum atomic E-state index is 14.5. The maximum absolute atomic E-state index is 14.5. The first kappa shape index (κ1) is 22.8. The predicted octanol–water partition coefficient (Wildman–Crippen LogP) is 4.01. The largest absolute Gasteiger partial charge is 0.432 e. The Kier molecular flexibility index (Phi) is 5.87. The van der Waals surface area contributed by atoms with Crippen molar-refractivity contribution in [1.82, 2.24) is 19.9 Å². The van der Waals surface area contributed by atoms with Crippen LogP contribution in [0.1, 0.15) is 12.8 Å². The van der Waals surface area contributed by atoms with Gasteiger partial charge in [0.05, 0.1) is 11.2 Å². The molecule has 1 amide bonds. The number of nitrogens with zero attached hydrogens (tertiary/aromatic N) is 5. The maximum Gasteiger partial charge on any atom is 0.387 e. The average Bonchev–Trinajstić information content (AvgIpc) is 2.87. The fourth-order valence-electron chi connectivity index (χ4n) is 4.62. The molecule has 3 saturated heterocycles. The first-order chi connectivity index (χ1) is 16.9. The van der Waals surface area contributed by atoms with Crippen molar-refractivity contribution in [2.24, 2.45) is 0 Å². The van der Waals surface area contributed by atoms with E-state index in [1.165, 1.54) is 12.4 Å². The summed E-state index contributed by atoms with van der Waals surface area (Å²) < 4.78 is 57.5. The van der Waals surface area contributed by atoms with Crippen molar-refractivity contribution in [2.75, 3.05) is 23.3 Å². The van der Waals surface area contributed by atoms with Gasteiger partial charge >= 0.3 is 6.61 Å². The number of hydrogen-bond donors (Lipinski definition) is 1. The number of ether oxygens (including phenoxy) is 1. The van der Waals surface area contributed by atoms with Gasteiger partial charge in [-0.1, -0.05) is 6.58 Å². The second-order valence-corrected chi connectivity index (χ2v) is 8.23. The molecule has 35 heavy (non-hydrogen) atoms. The number of piperazine rings is 1. The fraction of sp³-hybridized carbons (Fsp3) is 0.304. The van der Waals surface area contributed by atoms with Crippen LogP contribution < -0.4 is 15.0 Å².